The fraction of sp³-hybridized carbons (Fsp3) is 0.464. The predicted octanol–water partition coefficient (Wildman–Crippen LogP) is 3.01. The van der Waals surface area contributed by atoms with Crippen molar-refractivity contribution in [1.29, 1.82) is 0 Å². The number of likely N-dealkylation sites (tertiary alicyclic amines) is 1. The van der Waals surface area contributed by atoms with E-state index in [4.69, 9.17) is 26.4 Å². The van der Waals surface area contributed by atoms with Crippen LogP contribution in [-0.2, 0) is 16.1 Å². The van der Waals surface area contributed by atoms with Crippen LogP contribution < -0.4 is 20.3 Å². The van der Waals surface area contributed by atoms with Gasteiger partial charge in [-0.15, -0.1) is 0 Å². The number of ether oxygens (including phenoxy) is 3. The van der Waals surface area contributed by atoms with Crippen LogP contribution >= 0.6 is 12.2 Å². The van der Waals surface area contributed by atoms with E-state index < -0.39 is 12.0 Å². The third-order valence-corrected chi connectivity index (χ3v) is 8.02. The maximum atomic E-state index is 13.3. The van der Waals surface area contributed by atoms with Crippen molar-refractivity contribution in [2.24, 2.45) is 5.92 Å². The van der Waals surface area contributed by atoms with Crippen molar-refractivity contribution in [3.63, 3.8) is 0 Å². The molecule has 0 amide bonds. The highest BCUT2D eigenvalue weighted by molar-refractivity contribution is 7.80. The molecule has 202 valence electrons. The molecule has 1 N–H and O–H groups in total. The molecule has 9 nitrogen and oxygen atoms in total. The third-order valence-electron chi connectivity index (χ3n) is 7.68. The van der Waals surface area contributed by atoms with Gasteiger partial charge in [-0.1, -0.05) is 6.07 Å². The molecule has 1 fully saturated rings. The number of pyridine rings is 1. The Morgan fingerprint density at radius 2 is 1.95 bits per heavy atom. The number of carbonyl (C=O) groups excluding carboxylic acids is 1. The molecular weight excluding hydrogens is 504 g/mol. The second kappa shape index (κ2) is 10.8. The lowest BCUT2D eigenvalue weighted by Crippen LogP contribution is -2.55. The summed E-state index contributed by atoms with van der Waals surface area (Å²) < 4.78 is 18.6. The van der Waals surface area contributed by atoms with Gasteiger partial charge in [0.2, 0.25) is 0 Å². The van der Waals surface area contributed by atoms with Crippen LogP contribution in [0.2, 0.25) is 0 Å². The molecule has 1 aromatic heterocycles. The summed E-state index contributed by atoms with van der Waals surface area (Å²) in [5.74, 6) is 1.49. The molecule has 1 unspecified atom stereocenters. The number of nitrogens with zero attached hydrogens (tertiary/aromatic N) is 3. The first-order valence-electron chi connectivity index (χ1n) is 12.9. The number of piperidine rings is 1. The number of methoxy groups -OCH3 is 2. The van der Waals surface area contributed by atoms with Crippen LogP contribution in [-0.4, -0.2) is 66.0 Å². The maximum absolute atomic E-state index is 13.3. The van der Waals surface area contributed by atoms with Gasteiger partial charge in [0.05, 0.1) is 39.1 Å². The molecule has 3 aliphatic rings. The number of nitrogens with one attached hydrogen (secondary N) is 1. The molecule has 3 aliphatic heterocycles. The molecule has 4 heterocycles. The third kappa shape index (κ3) is 4.78. The van der Waals surface area contributed by atoms with E-state index in [1.54, 1.807) is 27.2 Å². The maximum Gasteiger partial charge on any atom is 0.338 e. The lowest BCUT2D eigenvalue weighted by Gasteiger charge is -2.47. The van der Waals surface area contributed by atoms with Gasteiger partial charge in [0, 0.05) is 54.6 Å². The van der Waals surface area contributed by atoms with Gasteiger partial charge in [0.1, 0.15) is 11.5 Å². The van der Waals surface area contributed by atoms with Crippen LogP contribution in [0, 0.1) is 5.92 Å². The number of rotatable bonds is 7. The van der Waals surface area contributed by atoms with Crippen molar-refractivity contribution in [2.75, 3.05) is 40.6 Å². The van der Waals surface area contributed by atoms with Crippen molar-refractivity contribution in [3.05, 3.63) is 69.3 Å². The van der Waals surface area contributed by atoms with Crippen molar-refractivity contribution in [3.8, 4) is 11.5 Å². The number of aromatic nitrogens is 1. The highest BCUT2D eigenvalue weighted by Gasteiger charge is 2.41. The summed E-state index contributed by atoms with van der Waals surface area (Å²) >= 11 is 5.85. The van der Waals surface area contributed by atoms with Gasteiger partial charge in [0.25, 0.3) is 5.56 Å². The predicted molar refractivity (Wildman–Crippen MR) is 147 cm³/mol. The van der Waals surface area contributed by atoms with E-state index in [9.17, 15) is 9.59 Å². The number of benzene rings is 1. The van der Waals surface area contributed by atoms with Gasteiger partial charge in [-0.3, -0.25) is 9.69 Å². The molecule has 1 aromatic carbocycles. The van der Waals surface area contributed by atoms with E-state index in [1.807, 2.05) is 40.7 Å². The summed E-state index contributed by atoms with van der Waals surface area (Å²) in [6.07, 6.45) is 1.06. The minimum Gasteiger partial charge on any atom is -0.497 e. The molecule has 1 saturated heterocycles. The molecule has 2 bridgehead atoms. The quantitative estimate of drug-likeness (QED) is 0.422. The average Bonchev–Trinajstić information content (AvgIpc) is 2.90. The van der Waals surface area contributed by atoms with Crippen LogP contribution in [0.25, 0.3) is 0 Å². The van der Waals surface area contributed by atoms with Gasteiger partial charge in [-0.05, 0) is 56.6 Å². The molecule has 10 heteroatoms. The van der Waals surface area contributed by atoms with Gasteiger partial charge < -0.3 is 29.0 Å². The first-order chi connectivity index (χ1) is 18.3. The first-order valence-corrected chi connectivity index (χ1v) is 13.3. The van der Waals surface area contributed by atoms with Crippen molar-refractivity contribution >= 4 is 23.3 Å². The number of hydrogen-bond donors (Lipinski definition) is 1. The van der Waals surface area contributed by atoms with Crippen LogP contribution in [0.1, 0.15) is 43.5 Å². The van der Waals surface area contributed by atoms with Gasteiger partial charge in [-0.25, -0.2) is 4.79 Å². The van der Waals surface area contributed by atoms with E-state index in [-0.39, 0.29) is 18.1 Å². The van der Waals surface area contributed by atoms with Crippen LogP contribution in [0.4, 0.5) is 0 Å². The fourth-order valence-electron chi connectivity index (χ4n) is 6.09. The monoisotopic (exact) mass is 538 g/mol. The highest BCUT2D eigenvalue weighted by Crippen LogP contribution is 2.41. The molecule has 0 radical (unpaired) electrons. The van der Waals surface area contributed by atoms with Crippen molar-refractivity contribution in [2.45, 2.75) is 38.8 Å². The minimum atomic E-state index is -0.514. The molecule has 0 saturated carbocycles. The summed E-state index contributed by atoms with van der Waals surface area (Å²) in [4.78, 5) is 30.2. The fourth-order valence-corrected chi connectivity index (χ4v) is 6.41. The zero-order valence-electron chi connectivity index (χ0n) is 22.2. The second-order valence-corrected chi connectivity index (χ2v) is 10.4. The number of hydrogen-bond acceptors (Lipinski definition) is 7. The SMILES string of the molecule is CCOC(=O)C1=C(C)NC(=S)N(CN2C[C@H]3C[C@@H](C2)c2cccc(=O)n2C3)C1c1ccc(OC)cc1OC. The molecule has 2 aromatic rings. The normalized spacial score (nSPS) is 23.0. The number of thiocarbonyl (C=S) groups is 1. The van der Waals surface area contributed by atoms with Crippen LogP contribution in [0.3, 0.4) is 0 Å². The topological polar surface area (TPSA) is 85.3 Å². The highest BCUT2D eigenvalue weighted by atomic mass is 32.1. The number of carbonyl (C=O) groups is 1. The Morgan fingerprint density at radius 3 is 2.68 bits per heavy atom. The first kappa shape index (κ1) is 26.2. The molecule has 5 rings (SSSR count). The Bertz CT molecular complexity index is 1340. The van der Waals surface area contributed by atoms with Crippen LogP contribution in [0.5, 0.6) is 11.5 Å². The molecular formula is C28H34N4O5S. The van der Waals surface area contributed by atoms with Crippen molar-refractivity contribution < 1.29 is 19.0 Å². The zero-order valence-corrected chi connectivity index (χ0v) is 23.0. The standard InChI is InChI=1S/C28H34N4O5S/c1-5-37-27(34)25-17(2)29-28(38)32(26(25)21-10-9-20(35-3)12-23(21)36-4)16-30-13-18-11-19(15-30)22-7-6-8-24(33)31(22)14-18/h6-10,12,18-19,26H,5,11,13-16H2,1-4H3,(H,29,38)/t18-,19+,26?/m1/s1. The lowest BCUT2D eigenvalue weighted by atomic mass is 9.83. The Balaban J connectivity index is 1.52. The minimum absolute atomic E-state index is 0.0680. The van der Waals surface area contributed by atoms with Crippen molar-refractivity contribution in [1.82, 2.24) is 19.7 Å². The van der Waals surface area contributed by atoms with Gasteiger partial charge >= 0.3 is 5.97 Å². The summed E-state index contributed by atoms with van der Waals surface area (Å²) in [5.41, 5.74) is 3.12. The Labute approximate surface area is 228 Å². The number of fused-ring (bicyclic) bond motifs is 4. The molecule has 0 aliphatic carbocycles. The zero-order chi connectivity index (χ0) is 27.0. The van der Waals surface area contributed by atoms with Gasteiger partial charge in [0.15, 0.2) is 5.11 Å². The smallest absolute Gasteiger partial charge is 0.338 e. The summed E-state index contributed by atoms with van der Waals surface area (Å²) in [6.45, 7) is 6.76. The average molecular weight is 539 g/mol. The van der Waals surface area contributed by atoms with Crippen LogP contribution in [0.15, 0.2) is 52.5 Å². The Hall–Kier alpha value is -3.37. The Morgan fingerprint density at radius 1 is 1.13 bits per heavy atom. The van der Waals surface area contributed by atoms with E-state index in [0.29, 0.717) is 47.0 Å². The molecule has 38 heavy (non-hydrogen) atoms. The summed E-state index contributed by atoms with van der Waals surface area (Å²) in [5, 5.41) is 3.77. The van der Waals surface area contributed by atoms with E-state index in [1.165, 1.54) is 0 Å². The molecule has 0 spiro atoms. The number of allylic oxidation sites excluding steroid dienone is 1. The summed E-state index contributed by atoms with van der Waals surface area (Å²) in [6, 6.07) is 10.6. The van der Waals surface area contributed by atoms with E-state index in [0.717, 1.165) is 30.8 Å². The largest absolute Gasteiger partial charge is 0.497 e. The van der Waals surface area contributed by atoms with E-state index in [2.05, 4.69) is 16.3 Å². The summed E-state index contributed by atoms with van der Waals surface area (Å²) in [7, 11) is 3.21. The molecule has 3 atom stereocenters. The second-order valence-electron chi connectivity index (χ2n) is 10.0. The van der Waals surface area contributed by atoms with Gasteiger partial charge in [-0.2, -0.15) is 0 Å². The van der Waals surface area contributed by atoms with E-state index >= 15 is 0 Å². The number of esters is 1. The Kier molecular flexibility index (Phi) is 7.45. The lowest BCUT2D eigenvalue weighted by molar-refractivity contribution is -0.139.